The van der Waals surface area contributed by atoms with Gasteiger partial charge in [0.05, 0.1) is 24.9 Å². The summed E-state index contributed by atoms with van der Waals surface area (Å²) < 4.78 is 59.0. The lowest BCUT2D eigenvalue weighted by atomic mass is 10.1. The number of ether oxygens (including phenoxy) is 3. The molecule has 0 unspecified atom stereocenters. The van der Waals surface area contributed by atoms with Crippen molar-refractivity contribution in [1.29, 1.82) is 0 Å². The molecule has 3 heterocycles. The molecule has 0 spiro atoms. The van der Waals surface area contributed by atoms with E-state index >= 15 is 0 Å². The predicted octanol–water partition coefficient (Wildman–Crippen LogP) is 2.21. The Morgan fingerprint density at radius 3 is 2.55 bits per heavy atom. The molecule has 3 aliphatic heterocycles. The number of hydrogen-bond donors (Lipinski definition) is 3. The van der Waals surface area contributed by atoms with Gasteiger partial charge in [-0.1, -0.05) is 25.0 Å². The van der Waals surface area contributed by atoms with Gasteiger partial charge in [0.25, 0.3) is 5.91 Å². The average Bonchev–Trinajstić information content (AvgIpc) is 3.93. The van der Waals surface area contributed by atoms with Crippen LogP contribution in [0.1, 0.15) is 83.3 Å². The molecular formula is C34H46FN5O10S. The van der Waals surface area contributed by atoms with Gasteiger partial charge in [-0.2, -0.15) is 0 Å². The van der Waals surface area contributed by atoms with Gasteiger partial charge in [0.15, 0.2) is 0 Å². The van der Waals surface area contributed by atoms with Crippen LogP contribution in [0.2, 0.25) is 0 Å². The number of sulfonamides is 1. The summed E-state index contributed by atoms with van der Waals surface area (Å²) in [7, 11) is -3.91. The van der Waals surface area contributed by atoms with Crippen molar-refractivity contribution in [3.8, 4) is 0 Å². The van der Waals surface area contributed by atoms with E-state index in [4.69, 9.17) is 14.2 Å². The molecule has 6 rings (SSSR count). The van der Waals surface area contributed by atoms with E-state index < -0.39 is 80.3 Å². The lowest BCUT2D eigenvalue weighted by Crippen LogP contribution is -2.59. The zero-order valence-electron chi connectivity index (χ0n) is 29.1. The van der Waals surface area contributed by atoms with Gasteiger partial charge in [0, 0.05) is 25.1 Å². The number of benzene rings is 1. The first-order valence-electron chi connectivity index (χ1n) is 17.5. The SMILES string of the molecule is CC(C)(C)OC(=O)N[C@H]1COCCCCC[C@H]2C[C@@]2(C(=O)NS(=O)(=O)C2CC2)NC(=O)[C@@H]2C[C@@H](OC(=O)N3Cc4cccc(F)c4C3)CN2C1=O. The molecule has 4 fully saturated rings. The van der Waals surface area contributed by atoms with Gasteiger partial charge in [0.2, 0.25) is 21.8 Å². The molecule has 5 aliphatic rings. The molecule has 0 radical (unpaired) electrons. The Hall–Kier alpha value is -3.99. The minimum absolute atomic E-state index is 0.0118. The first-order valence-corrected chi connectivity index (χ1v) is 19.1. The fourth-order valence-electron chi connectivity index (χ4n) is 7.05. The molecule has 0 aromatic heterocycles. The number of carbonyl (C=O) groups excluding carboxylic acids is 5. The monoisotopic (exact) mass is 735 g/mol. The molecule has 15 nitrogen and oxygen atoms in total. The first-order chi connectivity index (χ1) is 24.1. The molecule has 5 atom stereocenters. The number of carbonyl (C=O) groups is 5. The molecule has 0 bridgehead atoms. The molecule has 2 saturated carbocycles. The highest BCUT2D eigenvalue weighted by Gasteiger charge is 2.62. The lowest BCUT2D eigenvalue weighted by Gasteiger charge is -2.30. The molecule has 1 aromatic rings. The van der Waals surface area contributed by atoms with Crippen molar-refractivity contribution < 1.29 is 51.0 Å². The van der Waals surface area contributed by atoms with Gasteiger partial charge in [-0.05, 0) is 70.4 Å². The second kappa shape index (κ2) is 14.2. The summed E-state index contributed by atoms with van der Waals surface area (Å²) >= 11 is 0. The van der Waals surface area contributed by atoms with Crippen LogP contribution in [0.15, 0.2) is 18.2 Å². The maximum absolute atomic E-state index is 14.4. The highest BCUT2D eigenvalue weighted by Crippen LogP contribution is 2.48. The summed E-state index contributed by atoms with van der Waals surface area (Å²) in [6.07, 6.45) is 0.915. The minimum Gasteiger partial charge on any atom is -0.444 e. The van der Waals surface area contributed by atoms with E-state index in [1.165, 1.54) is 15.9 Å². The van der Waals surface area contributed by atoms with E-state index in [0.717, 1.165) is 6.42 Å². The van der Waals surface area contributed by atoms with Crippen molar-refractivity contribution in [2.75, 3.05) is 19.8 Å². The lowest BCUT2D eigenvalue weighted by molar-refractivity contribution is -0.142. The normalized spacial score (nSPS) is 28.6. The molecule has 3 N–H and O–H groups in total. The highest BCUT2D eigenvalue weighted by atomic mass is 32.2. The van der Waals surface area contributed by atoms with Crippen LogP contribution in [-0.2, 0) is 51.7 Å². The Kier molecular flexibility index (Phi) is 10.2. The highest BCUT2D eigenvalue weighted by molar-refractivity contribution is 7.91. The van der Waals surface area contributed by atoms with Crippen molar-refractivity contribution in [1.82, 2.24) is 25.2 Å². The van der Waals surface area contributed by atoms with Gasteiger partial charge in [-0.25, -0.2) is 22.4 Å². The zero-order chi connectivity index (χ0) is 36.7. The van der Waals surface area contributed by atoms with Crippen LogP contribution < -0.4 is 15.4 Å². The Morgan fingerprint density at radius 2 is 1.84 bits per heavy atom. The van der Waals surface area contributed by atoms with Gasteiger partial charge in [0.1, 0.15) is 35.1 Å². The van der Waals surface area contributed by atoms with E-state index in [1.54, 1.807) is 32.9 Å². The largest absolute Gasteiger partial charge is 0.444 e. The topological polar surface area (TPSA) is 190 Å². The standard InChI is InChI=1S/C34H46FN5O10S/c1-33(2,3)50-31(44)36-26-19-48-13-6-4-5-9-21-15-34(21,30(43)38-51(46,47)23-11-12-23)37-28(41)27-14-22(17-40(27)29(26)42)49-32(45)39-16-20-8-7-10-25(35)24(20)18-39/h7-8,10,21-23,26-27H,4-6,9,11-19H2,1-3H3,(H,36,44)(H,37,41)(H,38,43)/t21-,22+,26-,27-,34+/m0/s1. The van der Waals surface area contributed by atoms with Gasteiger partial charge in [-0.15, -0.1) is 0 Å². The van der Waals surface area contributed by atoms with Crippen molar-refractivity contribution in [2.45, 2.75) is 120 Å². The van der Waals surface area contributed by atoms with Crippen molar-refractivity contribution in [2.24, 2.45) is 5.92 Å². The number of alkyl carbamates (subject to hydrolysis) is 1. The number of halogens is 1. The smallest absolute Gasteiger partial charge is 0.410 e. The quantitative estimate of drug-likeness (QED) is 0.405. The fourth-order valence-corrected chi connectivity index (χ4v) is 8.41. The second-order valence-corrected chi connectivity index (χ2v) is 17.1. The third-order valence-corrected chi connectivity index (χ3v) is 11.8. The molecule has 5 amide bonds. The van der Waals surface area contributed by atoms with Gasteiger partial charge >= 0.3 is 12.2 Å². The zero-order valence-corrected chi connectivity index (χ0v) is 29.9. The predicted molar refractivity (Wildman–Crippen MR) is 178 cm³/mol. The number of nitrogens with zero attached hydrogens (tertiary/aromatic N) is 2. The van der Waals surface area contributed by atoms with E-state index in [0.29, 0.717) is 43.2 Å². The Bertz CT molecular complexity index is 1680. The fraction of sp³-hybridized carbons (Fsp3) is 0.676. The average molecular weight is 736 g/mol. The summed E-state index contributed by atoms with van der Waals surface area (Å²) in [6.45, 7) is 4.93. The van der Waals surface area contributed by atoms with E-state index in [1.807, 2.05) is 0 Å². The first kappa shape index (κ1) is 36.8. The van der Waals surface area contributed by atoms with Gasteiger partial charge in [-0.3, -0.25) is 24.0 Å². The van der Waals surface area contributed by atoms with E-state index in [2.05, 4.69) is 15.4 Å². The van der Waals surface area contributed by atoms with E-state index in [-0.39, 0.29) is 51.6 Å². The summed E-state index contributed by atoms with van der Waals surface area (Å²) in [4.78, 5) is 70.6. The summed E-state index contributed by atoms with van der Waals surface area (Å²) in [5.74, 6) is -3.02. The summed E-state index contributed by atoms with van der Waals surface area (Å²) in [5, 5.41) is 4.70. The number of rotatable bonds is 5. The van der Waals surface area contributed by atoms with Crippen LogP contribution in [0.25, 0.3) is 0 Å². The van der Waals surface area contributed by atoms with Crippen molar-refractivity contribution in [3.05, 3.63) is 35.1 Å². The molecule has 2 saturated heterocycles. The van der Waals surface area contributed by atoms with Gasteiger partial charge < -0.3 is 29.7 Å². The summed E-state index contributed by atoms with van der Waals surface area (Å²) in [5.41, 5.74) is -1.35. The van der Waals surface area contributed by atoms with Crippen LogP contribution in [-0.4, -0.2) is 102 Å². The Balaban J connectivity index is 1.24. The van der Waals surface area contributed by atoms with Crippen LogP contribution in [0.4, 0.5) is 14.0 Å². The number of nitrogens with one attached hydrogen (secondary N) is 3. The molecule has 51 heavy (non-hydrogen) atoms. The molecule has 280 valence electrons. The molecule has 1 aromatic carbocycles. The van der Waals surface area contributed by atoms with Crippen LogP contribution >= 0.6 is 0 Å². The van der Waals surface area contributed by atoms with E-state index in [9.17, 15) is 36.8 Å². The number of amides is 5. The van der Waals surface area contributed by atoms with Crippen LogP contribution in [0.5, 0.6) is 0 Å². The Morgan fingerprint density at radius 1 is 1.08 bits per heavy atom. The number of fused-ring (bicyclic) bond motifs is 3. The molecular weight excluding hydrogens is 689 g/mol. The third-order valence-electron chi connectivity index (χ3n) is 9.97. The summed E-state index contributed by atoms with van der Waals surface area (Å²) in [6, 6.07) is 2.04. The van der Waals surface area contributed by atoms with Crippen LogP contribution in [0, 0.1) is 11.7 Å². The van der Waals surface area contributed by atoms with Crippen molar-refractivity contribution >= 4 is 39.9 Å². The molecule has 2 aliphatic carbocycles. The minimum atomic E-state index is -3.91. The number of hydrogen-bond acceptors (Lipinski definition) is 10. The van der Waals surface area contributed by atoms with Crippen LogP contribution in [0.3, 0.4) is 0 Å². The second-order valence-electron chi connectivity index (χ2n) is 15.1. The van der Waals surface area contributed by atoms with Crippen molar-refractivity contribution in [3.63, 3.8) is 0 Å². The third kappa shape index (κ3) is 8.40. The maximum atomic E-state index is 14.4. The maximum Gasteiger partial charge on any atom is 0.410 e. The molecule has 17 heteroatoms. The Labute approximate surface area is 296 Å².